The van der Waals surface area contributed by atoms with Crippen molar-refractivity contribution in [2.24, 2.45) is 5.73 Å². The Morgan fingerprint density at radius 3 is 2.60 bits per heavy atom. The summed E-state index contributed by atoms with van der Waals surface area (Å²) in [5, 5.41) is 0. The second-order valence-corrected chi connectivity index (χ2v) is 4.25. The van der Waals surface area contributed by atoms with Gasteiger partial charge >= 0.3 is 0 Å². The average molecular weight is 215 g/mol. The van der Waals surface area contributed by atoms with Crippen LogP contribution in [0.5, 0.6) is 0 Å². The Hall–Kier alpha value is -0.160. The molecule has 1 fully saturated rings. The summed E-state index contributed by atoms with van der Waals surface area (Å²) in [6.07, 6.45) is 2.72. The lowest BCUT2D eigenvalue weighted by Crippen LogP contribution is -2.30. The van der Waals surface area contributed by atoms with E-state index in [4.69, 9.17) is 10.5 Å². The zero-order chi connectivity index (χ0) is 10.9. The van der Waals surface area contributed by atoms with Crippen molar-refractivity contribution in [3.05, 3.63) is 0 Å². The lowest BCUT2D eigenvalue weighted by Gasteiger charge is -2.17. The molecule has 0 spiro atoms. The van der Waals surface area contributed by atoms with Gasteiger partial charge in [-0.3, -0.25) is 0 Å². The summed E-state index contributed by atoms with van der Waals surface area (Å²) in [6, 6.07) is 0. The highest BCUT2D eigenvalue weighted by molar-refractivity contribution is 4.65. The summed E-state index contributed by atoms with van der Waals surface area (Å²) in [5.74, 6) is 0. The molecule has 0 aromatic rings. The molecule has 0 saturated carbocycles. The van der Waals surface area contributed by atoms with Gasteiger partial charge in [0.25, 0.3) is 0 Å². The summed E-state index contributed by atoms with van der Waals surface area (Å²) < 4.78 is 5.59. The predicted octanol–water partition coefficient (Wildman–Crippen LogP) is -0.0107. The topological polar surface area (TPSA) is 41.7 Å². The van der Waals surface area contributed by atoms with Crippen LogP contribution < -0.4 is 5.73 Å². The molecule has 4 nitrogen and oxygen atoms in total. The van der Waals surface area contributed by atoms with Gasteiger partial charge in [-0.05, 0) is 33.0 Å². The van der Waals surface area contributed by atoms with Crippen molar-refractivity contribution in [1.82, 2.24) is 9.80 Å². The van der Waals surface area contributed by atoms with E-state index in [-0.39, 0.29) is 0 Å². The summed E-state index contributed by atoms with van der Waals surface area (Å²) in [4.78, 5) is 4.68. The van der Waals surface area contributed by atoms with Crippen LogP contribution in [-0.2, 0) is 4.74 Å². The fraction of sp³-hybridized carbons (Fsp3) is 1.00. The summed E-state index contributed by atoms with van der Waals surface area (Å²) in [5.41, 5.74) is 5.45. The maximum Gasteiger partial charge on any atom is 0.0594 e. The van der Waals surface area contributed by atoms with E-state index >= 15 is 0 Å². The molecule has 4 heteroatoms. The molecule has 2 N–H and O–H groups in total. The number of hydrogen-bond donors (Lipinski definition) is 1. The Kier molecular flexibility index (Phi) is 6.92. The number of likely N-dealkylation sites (N-methyl/N-ethyl adjacent to an activating group) is 1. The van der Waals surface area contributed by atoms with Crippen molar-refractivity contribution in [1.29, 1.82) is 0 Å². The van der Waals surface area contributed by atoms with E-state index in [1.165, 1.54) is 25.9 Å². The van der Waals surface area contributed by atoms with E-state index in [2.05, 4.69) is 16.8 Å². The van der Waals surface area contributed by atoms with Gasteiger partial charge in [0.2, 0.25) is 0 Å². The number of ether oxygens (including phenoxy) is 1. The molecular formula is C11H25N3O. The van der Waals surface area contributed by atoms with E-state index in [0.717, 1.165) is 39.4 Å². The van der Waals surface area contributed by atoms with Crippen molar-refractivity contribution in [3.8, 4) is 0 Å². The standard InChI is InChI=1S/C11H25N3O/c1-13(7-4-12)8-10-15-11-9-14-5-2-3-6-14/h2-12H2,1H3. The number of hydrogen-bond acceptors (Lipinski definition) is 4. The van der Waals surface area contributed by atoms with Crippen LogP contribution in [0.3, 0.4) is 0 Å². The highest BCUT2D eigenvalue weighted by Crippen LogP contribution is 2.05. The number of rotatable bonds is 8. The largest absolute Gasteiger partial charge is 0.379 e. The van der Waals surface area contributed by atoms with E-state index in [1.807, 2.05) is 0 Å². The molecule has 0 atom stereocenters. The minimum absolute atomic E-state index is 0.726. The molecule has 1 aliphatic heterocycles. The first kappa shape index (κ1) is 12.9. The Balaban J connectivity index is 1.84. The first-order chi connectivity index (χ1) is 7.33. The average Bonchev–Trinajstić information content (AvgIpc) is 2.70. The van der Waals surface area contributed by atoms with Gasteiger partial charge in [0.15, 0.2) is 0 Å². The zero-order valence-corrected chi connectivity index (χ0v) is 9.95. The van der Waals surface area contributed by atoms with Crippen LogP contribution in [0, 0.1) is 0 Å². The molecule has 0 unspecified atom stereocenters. The molecule has 0 amide bonds. The Bertz CT molecular complexity index is 149. The van der Waals surface area contributed by atoms with Crippen LogP contribution in [0.1, 0.15) is 12.8 Å². The molecule has 0 aromatic heterocycles. The van der Waals surface area contributed by atoms with Crippen molar-refractivity contribution < 1.29 is 4.74 Å². The maximum atomic E-state index is 5.59. The van der Waals surface area contributed by atoms with E-state index in [0.29, 0.717) is 0 Å². The van der Waals surface area contributed by atoms with Gasteiger partial charge in [-0.15, -0.1) is 0 Å². The van der Waals surface area contributed by atoms with Gasteiger partial charge in [-0.25, -0.2) is 0 Å². The Morgan fingerprint density at radius 2 is 1.93 bits per heavy atom. The van der Waals surface area contributed by atoms with Gasteiger partial charge < -0.3 is 20.3 Å². The molecule has 1 heterocycles. The lowest BCUT2D eigenvalue weighted by molar-refractivity contribution is 0.0944. The highest BCUT2D eigenvalue weighted by Gasteiger charge is 2.10. The van der Waals surface area contributed by atoms with E-state index < -0.39 is 0 Å². The van der Waals surface area contributed by atoms with Crippen molar-refractivity contribution in [3.63, 3.8) is 0 Å². The van der Waals surface area contributed by atoms with Crippen LogP contribution in [0.2, 0.25) is 0 Å². The monoisotopic (exact) mass is 215 g/mol. The molecule has 0 aromatic carbocycles. The van der Waals surface area contributed by atoms with Crippen molar-refractivity contribution in [2.75, 3.05) is 59.5 Å². The maximum absolute atomic E-state index is 5.59. The molecule has 1 rings (SSSR count). The third-order valence-electron chi connectivity index (χ3n) is 2.88. The van der Waals surface area contributed by atoms with Crippen LogP contribution in [0.4, 0.5) is 0 Å². The summed E-state index contributed by atoms with van der Waals surface area (Å²) in [7, 11) is 2.08. The van der Waals surface area contributed by atoms with Crippen LogP contribution in [-0.4, -0.2) is 69.3 Å². The Labute approximate surface area is 93.4 Å². The van der Waals surface area contributed by atoms with E-state index in [9.17, 15) is 0 Å². The van der Waals surface area contributed by atoms with Crippen molar-refractivity contribution in [2.45, 2.75) is 12.8 Å². The fourth-order valence-electron chi connectivity index (χ4n) is 1.85. The fourth-order valence-corrected chi connectivity index (χ4v) is 1.85. The van der Waals surface area contributed by atoms with E-state index in [1.54, 1.807) is 0 Å². The summed E-state index contributed by atoms with van der Waals surface area (Å²) in [6.45, 7) is 7.98. The van der Waals surface area contributed by atoms with Gasteiger partial charge in [0.1, 0.15) is 0 Å². The molecule has 1 saturated heterocycles. The highest BCUT2D eigenvalue weighted by atomic mass is 16.5. The molecular weight excluding hydrogens is 190 g/mol. The first-order valence-electron chi connectivity index (χ1n) is 6.01. The zero-order valence-electron chi connectivity index (χ0n) is 9.95. The molecule has 15 heavy (non-hydrogen) atoms. The van der Waals surface area contributed by atoms with Gasteiger partial charge in [0, 0.05) is 26.2 Å². The normalized spacial score (nSPS) is 17.8. The number of nitrogens with zero attached hydrogens (tertiary/aromatic N) is 2. The third-order valence-corrected chi connectivity index (χ3v) is 2.88. The lowest BCUT2D eigenvalue weighted by atomic mass is 10.4. The Morgan fingerprint density at radius 1 is 1.20 bits per heavy atom. The molecule has 1 aliphatic rings. The van der Waals surface area contributed by atoms with Crippen LogP contribution >= 0.6 is 0 Å². The minimum atomic E-state index is 0.726. The number of likely N-dealkylation sites (tertiary alicyclic amines) is 1. The second-order valence-electron chi connectivity index (χ2n) is 4.25. The minimum Gasteiger partial charge on any atom is -0.379 e. The quantitative estimate of drug-likeness (QED) is 0.578. The van der Waals surface area contributed by atoms with Gasteiger partial charge in [-0.2, -0.15) is 0 Å². The molecule has 0 radical (unpaired) electrons. The predicted molar refractivity (Wildman–Crippen MR) is 63.0 cm³/mol. The third kappa shape index (κ3) is 6.10. The summed E-state index contributed by atoms with van der Waals surface area (Å²) >= 11 is 0. The van der Waals surface area contributed by atoms with Crippen LogP contribution in [0.25, 0.3) is 0 Å². The second kappa shape index (κ2) is 8.05. The van der Waals surface area contributed by atoms with Gasteiger partial charge in [-0.1, -0.05) is 0 Å². The molecule has 90 valence electrons. The molecule has 0 bridgehead atoms. The van der Waals surface area contributed by atoms with Crippen molar-refractivity contribution >= 4 is 0 Å². The first-order valence-corrected chi connectivity index (χ1v) is 6.01. The van der Waals surface area contributed by atoms with Gasteiger partial charge in [0.05, 0.1) is 13.2 Å². The van der Waals surface area contributed by atoms with Crippen LogP contribution in [0.15, 0.2) is 0 Å². The smallest absolute Gasteiger partial charge is 0.0594 e. The SMILES string of the molecule is CN(CCN)CCOCCN1CCCC1. The molecule has 0 aliphatic carbocycles. The number of nitrogens with two attached hydrogens (primary N) is 1.